The first kappa shape index (κ1) is 18.3. The third kappa shape index (κ3) is 5.53. The monoisotopic (exact) mass is 351 g/mol. The molecule has 0 spiro atoms. The molecule has 0 aromatic heterocycles. The number of halogens is 1. The summed E-state index contributed by atoms with van der Waals surface area (Å²) in [5.74, 6) is -0.135. The first-order chi connectivity index (χ1) is 11.5. The molecule has 1 aliphatic rings. The Morgan fingerprint density at radius 3 is 2.38 bits per heavy atom. The van der Waals surface area contributed by atoms with Crippen LogP contribution in [0.1, 0.15) is 19.8 Å². The molecule has 0 saturated carbocycles. The van der Waals surface area contributed by atoms with Crippen molar-refractivity contribution < 1.29 is 14.4 Å². The highest BCUT2D eigenvalue weighted by atomic mass is 35.5. The van der Waals surface area contributed by atoms with E-state index in [0.29, 0.717) is 43.3 Å². The fraction of sp³-hybridized carbons (Fsp3) is 0.471. The summed E-state index contributed by atoms with van der Waals surface area (Å²) < 4.78 is 0. The van der Waals surface area contributed by atoms with Crippen molar-refractivity contribution in [3.05, 3.63) is 29.3 Å². The number of carbonyl (C=O) groups excluding carboxylic acids is 3. The Hall–Kier alpha value is -2.08. The Labute approximate surface area is 146 Å². The smallest absolute Gasteiger partial charge is 0.224 e. The molecule has 3 amide bonds. The first-order valence-electron chi connectivity index (χ1n) is 8.00. The minimum Gasteiger partial charge on any atom is -0.342 e. The van der Waals surface area contributed by atoms with E-state index in [2.05, 4.69) is 5.32 Å². The van der Waals surface area contributed by atoms with E-state index >= 15 is 0 Å². The zero-order chi connectivity index (χ0) is 17.5. The number of nitrogens with one attached hydrogen (secondary N) is 1. The van der Waals surface area contributed by atoms with Crippen molar-refractivity contribution in [1.82, 2.24) is 9.80 Å². The highest BCUT2D eigenvalue weighted by Gasteiger charge is 2.22. The third-order valence-electron chi connectivity index (χ3n) is 4.00. The quantitative estimate of drug-likeness (QED) is 0.797. The van der Waals surface area contributed by atoms with Crippen LogP contribution in [0.3, 0.4) is 0 Å². The van der Waals surface area contributed by atoms with Crippen LogP contribution in [0.15, 0.2) is 24.3 Å². The molecule has 1 aliphatic heterocycles. The molecule has 2 rings (SSSR count). The van der Waals surface area contributed by atoms with Crippen LogP contribution in [0.4, 0.5) is 5.69 Å². The van der Waals surface area contributed by atoms with E-state index in [1.807, 2.05) is 6.92 Å². The minimum absolute atomic E-state index is 0.0346. The van der Waals surface area contributed by atoms with Gasteiger partial charge in [-0.3, -0.25) is 14.4 Å². The molecule has 1 heterocycles. The molecule has 1 saturated heterocycles. The van der Waals surface area contributed by atoms with Crippen LogP contribution in [-0.4, -0.2) is 54.2 Å². The molecule has 0 radical (unpaired) electrons. The summed E-state index contributed by atoms with van der Waals surface area (Å²) in [6.45, 7) is 4.14. The van der Waals surface area contributed by atoms with E-state index in [1.54, 1.807) is 34.1 Å². The number of carbonyl (C=O) groups is 3. The molecule has 1 N–H and O–H groups in total. The molecule has 7 heteroatoms. The average Bonchev–Trinajstić information content (AvgIpc) is 2.56. The summed E-state index contributed by atoms with van der Waals surface area (Å²) in [4.78, 5) is 38.4. The van der Waals surface area contributed by atoms with E-state index in [-0.39, 0.29) is 24.2 Å². The van der Waals surface area contributed by atoms with Gasteiger partial charge < -0.3 is 15.1 Å². The van der Waals surface area contributed by atoms with Gasteiger partial charge in [-0.1, -0.05) is 18.5 Å². The lowest BCUT2D eigenvalue weighted by molar-refractivity contribution is -0.136. The number of amides is 3. The van der Waals surface area contributed by atoms with E-state index in [1.165, 1.54) is 0 Å². The van der Waals surface area contributed by atoms with Crippen molar-refractivity contribution in [2.75, 3.05) is 31.5 Å². The largest absolute Gasteiger partial charge is 0.342 e. The SMILES string of the molecule is C[C@@H](CC(=O)Nc1ccc(Cl)cc1)CC(=O)N1CCN(C=O)CC1. The normalized spacial score (nSPS) is 15.8. The molecular weight excluding hydrogens is 330 g/mol. The number of benzene rings is 1. The standard InChI is InChI=1S/C17H22ClN3O3/c1-13(10-16(23)19-15-4-2-14(18)3-5-15)11-17(24)21-8-6-20(12-22)7-9-21/h2-5,12-13H,6-11H2,1H3,(H,19,23)/t13-/m0/s1. The van der Waals surface area contributed by atoms with Crippen molar-refractivity contribution in [1.29, 1.82) is 0 Å². The second-order valence-corrected chi connectivity index (χ2v) is 6.53. The zero-order valence-electron chi connectivity index (χ0n) is 13.7. The predicted octanol–water partition coefficient (Wildman–Crippen LogP) is 2.00. The number of nitrogens with zero attached hydrogens (tertiary/aromatic N) is 2. The number of piperazine rings is 1. The number of anilines is 1. The summed E-state index contributed by atoms with van der Waals surface area (Å²) in [7, 11) is 0. The lowest BCUT2D eigenvalue weighted by Crippen LogP contribution is -2.48. The summed E-state index contributed by atoms with van der Waals surface area (Å²) in [5.41, 5.74) is 0.688. The summed E-state index contributed by atoms with van der Waals surface area (Å²) in [6, 6.07) is 6.90. The van der Waals surface area contributed by atoms with E-state index in [0.717, 1.165) is 6.41 Å². The van der Waals surface area contributed by atoms with Crippen molar-refractivity contribution in [2.45, 2.75) is 19.8 Å². The minimum atomic E-state index is -0.122. The van der Waals surface area contributed by atoms with Crippen LogP contribution in [0.25, 0.3) is 0 Å². The lowest BCUT2D eigenvalue weighted by Gasteiger charge is -2.33. The molecular formula is C17H22ClN3O3. The Morgan fingerprint density at radius 1 is 1.17 bits per heavy atom. The topological polar surface area (TPSA) is 69.7 Å². The van der Waals surface area contributed by atoms with Crippen molar-refractivity contribution in [2.24, 2.45) is 5.92 Å². The highest BCUT2D eigenvalue weighted by Crippen LogP contribution is 2.16. The van der Waals surface area contributed by atoms with E-state index in [9.17, 15) is 14.4 Å². The first-order valence-corrected chi connectivity index (χ1v) is 8.38. The van der Waals surface area contributed by atoms with Gasteiger partial charge in [0.1, 0.15) is 0 Å². The average molecular weight is 352 g/mol. The maximum Gasteiger partial charge on any atom is 0.224 e. The molecule has 0 unspecified atom stereocenters. The Bertz CT molecular complexity index is 583. The number of hydrogen-bond donors (Lipinski definition) is 1. The number of rotatable bonds is 6. The molecule has 130 valence electrons. The van der Waals surface area contributed by atoms with Crippen molar-refractivity contribution >= 4 is 35.5 Å². The van der Waals surface area contributed by atoms with Crippen LogP contribution >= 0.6 is 11.6 Å². The van der Waals surface area contributed by atoms with Crippen molar-refractivity contribution in [3.63, 3.8) is 0 Å². The summed E-state index contributed by atoms with van der Waals surface area (Å²) >= 11 is 5.80. The highest BCUT2D eigenvalue weighted by molar-refractivity contribution is 6.30. The van der Waals surface area contributed by atoms with Gasteiger partial charge in [0.25, 0.3) is 0 Å². The lowest BCUT2D eigenvalue weighted by atomic mass is 10.0. The van der Waals surface area contributed by atoms with Gasteiger partial charge >= 0.3 is 0 Å². The van der Waals surface area contributed by atoms with Crippen LogP contribution < -0.4 is 5.32 Å². The number of hydrogen-bond acceptors (Lipinski definition) is 3. The predicted molar refractivity (Wildman–Crippen MR) is 92.7 cm³/mol. The van der Waals surface area contributed by atoms with Gasteiger partial charge in [0.05, 0.1) is 0 Å². The molecule has 0 bridgehead atoms. The third-order valence-corrected chi connectivity index (χ3v) is 4.25. The second kappa shape index (κ2) is 8.68. The molecule has 1 atom stereocenters. The van der Waals surface area contributed by atoms with E-state index < -0.39 is 0 Å². The van der Waals surface area contributed by atoms with Gasteiger partial charge in [0, 0.05) is 49.7 Å². The summed E-state index contributed by atoms with van der Waals surface area (Å²) in [6.07, 6.45) is 1.42. The van der Waals surface area contributed by atoms with Gasteiger partial charge in [-0.25, -0.2) is 0 Å². The maximum atomic E-state index is 12.3. The summed E-state index contributed by atoms with van der Waals surface area (Å²) in [5, 5.41) is 3.41. The fourth-order valence-electron chi connectivity index (χ4n) is 2.64. The molecule has 24 heavy (non-hydrogen) atoms. The molecule has 0 aliphatic carbocycles. The van der Waals surface area contributed by atoms with Crippen LogP contribution in [0, 0.1) is 5.92 Å². The Morgan fingerprint density at radius 2 is 1.79 bits per heavy atom. The second-order valence-electron chi connectivity index (χ2n) is 6.09. The molecule has 1 aromatic carbocycles. The van der Waals surface area contributed by atoms with Gasteiger partial charge in [-0.15, -0.1) is 0 Å². The maximum absolute atomic E-state index is 12.3. The van der Waals surface area contributed by atoms with Crippen LogP contribution in [0.5, 0.6) is 0 Å². The fourth-order valence-corrected chi connectivity index (χ4v) is 2.76. The van der Waals surface area contributed by atoms with Crippen molar-refractivity contribution in [3.8, 4) is 0 Å². The van der Waals surface area contributed by atoms with Crippen LogP contribution in [-0.2, 0) is 14.4 Å². The Kier molecular flexibility index (Phi) is 6.61. The van der Waals surface area contributed by atoms with Gasteiger partial charge in [-0.05, 0) is 30.2 Å². The molecule has 1 aromatic rings. The molecule has 6 nitrogen and oxygen atoms in total. The van der Waals surface area contributed by atoms with Crippen LogP contribution in [0.2, 0.25) is 5.02 Å². The van der Waals surface area contributed by atoms with Gasteiger partial charge in [0.15, 0.2) is 0 Å². The van der Waals surface area contributed by atoms with Gasteiger partial charge in [-0.2, -0.15) is 0 Å². The van der Waals surface area contributed by atoms with Gasteiger partial charge in [0.2, 0.25) is 18.2 Å². The molecule has 1 fully saturated rings. The Balaban J connectivity index is 1.74. The zero-order valence-corrected chi connectivity index (χ0v) is 14.5. The van der Waals surface area contributed by atoms with E-state index in [4.69, 9.17) is 11.6 Å².